The summed E-state index contributed by atoms with van der Waals surface area (Å²) in [6, 6.07) is 0.485. The highest BCUT2D eigenvalue weighted by atomic mass is 32.1. The second-order valence-corrected chi connectivity index (χ2v) is 6.17. The van der Waals surface area contributed by atoms with Gasteiger partial charge in [0.25, 0.3) is 0 Å². The second-order valence-electron chi connectivity index (χ2n) is 5.09. The smallest absolute Gasteiger partial charge is 0.183 e. The SMILES string of the molecule is CCCC1CCc2nc(NC(C)C)sc2C1. The van der Waals surface area contributed by atoms with Crippen LogP contribution in [-0.4, -0.2) is 11.0 Å². The van der Waals surface area contributed by atoms with Gasteiger partial charge in [-0.1, -0.05) is 19.8 Å². The van der Waals surface area contributed by atoms with E-state index in [1.807, 2.05) is 11.3 Å². The third-order valence-electron chi connectivity index (χ3n) is 3.15. The highest BCUT2D eigenvalue weighted by Crippen LogP contribution is 2.34. The summed E-state index contributed by atoms with van der Waals surface area (Å²) < 4.78 is 0. The first-order chi connectivity index (χ1) is 7.69. The van der Waals surface area contributed by atoms with Crippen LogP contribution in [-0.2, 0) is 12.8 Å². The molecule has 0 fully saturated rings. The number of aromatic nitrogens is 1. The molecule has 0 spiro atoms. The zero-order valence-corrected chi connectivity index (χ0v) is 11.4. The lowest BCUT2D eigenvalue weighted by atomic mass is 9.88. The number of nitrogens with one attached hydrogen (secondary N) is 1. The summed E-state index contributed by atoms with van der Waals surface area (Å²) in [5.41, 5.74) is 1.36. The number of rotatable bonds is 4. The molecular formula is C13H22N2S. The van der Waals surface area contributed by atoms with Crippen molar-refractivity contribution < 1.29 is 0 Å². The zero-order chi connectivity index (χ0) is 11.5. The molecule has 1 aromatic rings. The Balaban J connectivity index is 2.04. The Morgan fingerprint density at radius 1 is 1.50 bits per heavy atom. The maximum atomic E-state index is 4.69. The van der Waals surface area contributed by atoms with Crippen molar-refractivity contribution >= 4 is 16.5 Å². The first-order valence-electron chi connectivity index (χ1n) is 6.44. The van der Waals surface area contributed by atoms with E-state index in [9.17, 15) is 0 Å². The van der Waals surface area contributed by atoms with E-state index in [-0.39, 0.29) is 0 Å². The Bertz CT molecular complexity index is 344. The average Bonchev–Trinajstić information content (AvgIpc) is 2.58. The van der Waals surface area contributed by atoms with Crippen molar-refractivity contribution in [1.82, 2.24) is 4.98 Å². The van der Waals surface area contributed by atoms with E-state index in [4.69, 9.17) is 4.98 Å². The minimum absolute atomic E-state index is 0.485. The molecule has 0 bridgehead atoms. The van der Waals surface area contributed by atoms with E-state index in [0.29, 0.717) is 6.04 Å². The van der Waals surface area contributed by atoms with Gasteiger partial charge in [-0.15, -0.1) is 11.3 Å². The van der Waals surface area contributed by atoms with Gasteiger partial charge in [0.15, 0.2) is 5.13 Å². The van der Waals surface area contributed by atoms with Crippen molar-refractivity contribution in [2.45, 2.75) is 58.9 Å². The normalized spacial score (nSPS) is 19.9. The van der Waals surface area contributed by atoms with Gasteiger partial charge < -0.3 is 5.32 Å². The van der Waals surface area contributed by atoms with Crippen molar-refractivity contribution in [2.24, 2.45) is 5.92 Å². The molecule has 16 heavy (non-hydrogen) atoms. The predicted molar refractivity (Wildman–Crippen MR) is 71.3 cm³/mol. The molecule has 0 aliphatic heterocycles. The molecule has 1 aromatic heterocycles. The maximum absolute atomic E-state index is 4.69. The van der Waals surface area contributed by atoms with Crippen LogP contribution in [0, 0.1) is 5.92 Å². The molecule has 3 heteroatoms. The molecule has 0 amide bonds. The Labute approximate surface area is 102 Å². The Morgan fingerprint density at radius 2 is 2.31 bits per heavy atom. The van der Waals surface area contributed by atoms with Gasteiger partial charge in [-0.3, -0.25) is 0 Å². The van der Waals surface area contributed by atoms with Gasteiger partial charge in [0.05, 0.1) is 5.69 Å². The summed E-state index contributed by atoms with van der Waals surface area (Å²) >= 11 is 1.87. The van der Waals surface area contributed by atoms with E-state index in [0.717, 1.165) is 11.0 Å². The van der Waals surface area contributed by atoms with Crippen molar-refractivity contribution in [2.75, 3.05) is 5.32 Å². The van der Waals surface area contributed by atoms with Gasteiger partial charge in [-0.2, -0.15) is 0 Å². The molecule has 2 rings (SSSR count). The van der Waals surface area contributed by atoms with Crippen LogP contribution in [0.25, 0.3) is 0 Å². The monoisotopic (exact) mass is 238 g/mol. The standard InChI is InChI=1S/C13H22N2S/c1-4-5-10-6-7-11-12(8-10)16-13(15-11)14-9(2)3/h9-10H,4-8H2,1-3H3,(H,14,15). The summed E-state index contributed by atoms with van der Waals surface area (Å²) in [4.78, 5) is 6.23. The zero-order valence-electron chi connectivity index (χ0n) is 10.5. The van der Waals surface area contributed by atoms with Crippen LogP contribution in [0.1, 0.15) is 50.6 Å². The Morgan fingerprint density at radius 3 is 3.00 bits per heavy atom. The minimum atomic E-state index is 0.485. The van der Waals surface area contributed by atoms with Crippen molar-refractivity contribution in [3.05, 3.63) is 10.6 Å². The Kier molecular flexibility index (Phi) is 3.85. The second kappa shape index (κ2) is 5.17. The van der Waals surface area contributed by atoms with Gasteiger partial charge in [-0.25, -0.2) is 4.98 Å². The molecule has 1 unspecified atom stereocenters. The number of anilines is 1. The van der Waals surface area contributed by atoms with E-state index in [1.54, 1.807) is 0 Å². The average molecular weight is 238 g/mol. The van der Waals surface area contributed by atoms with Crippen LogP contribution >= 0.6 is 11.3 Å². The predicted octanol–water partition coefficient (Wildman–Crippen LogP) is 3.87. The third kappa shape index (κ3) is 2.76. The summed E-state index contributed by atoms with van der Waals surface area (Å²) in [6.07, 6.45) is 6.49. The number of thiazole rings is 1. The molecule has 1 aliphatic rings. The van der Waals surface area contributed by atoms with Crippen molar-refractivity contribution in [3.8, 4) is 0 Å². The highest BCUT2D eigenvalue weighted by molar-refractivity contribution is 7.15. The fourth-order valence-corrected chi connectivity index (χ4v) is 3.67. The topological polar surface area (TPSA) is 24.9 Å². The van der Waals surface area contributed by atoms with Crippen molar-refractivity contribution in [3.63, 3.8) is 0 Å². The summed E-state index contributed by atoms with van der Waals surface area (Å²) in [7, 11) is 0. The number of hydrogen-bond donors (Lipinski definition) is 1. The Hall–Kier alpha value is -0.570. The van der Waals surface area contributed by atoms with Crippen LogP contribution in [0.3, 0.4) is 0 Å². The molecule has 90 valence electrons. The van der Waals surface area contributed by atoms with Crippen LogP contribution in [0.15, 0.2) is 0 Å². The van der Waals surface area contributed by atoms with Crippen LogP contribution in [0.2, 0.25) is 0 Å². The fourth-order valence-electron chi connectivity index (χ4n) is 2.41. The van der Waals surface area contributed by atoms with Crippen LogP contribution < -0.4 is 5.32 Å². The lowest BCUT2D eigenvalue weighted by Gasteiger charge is -2.19. The largest absolute Gasteiger partial charge is 0.359 e. The number of fused-ring (bicyclic) bond motifs is 1. The number of hydrogen-bond acceptors (Lipinski definition) is 3. The van der Waals surface area contributed by atoms with E-state index in [1.165, 1.54) is 42.7 Å². The van der Waals surface area contributed by atoms with E-state index >= 15 is 0 Å². The van der Waals surface area contributed by atoms with Gasteiger partial charge in [0.2, 0.25) is 0 Å². The first kappa shape index (κ1) is 11.9. The molecule has 0 aromatic carbocycles. The van der Waals surface area contributed by atoms with Gasteiger partial charge in [0.1, 0.15) is 0 Å². The van der Waals surface area contributed by atoms with Crippen molar-refractivity contribution in [1.29, 1.82) is 0 Å². The molecule has 1 N–H and O–H groups in total. The maximum Gasteiger partial charge on any atom is 0.183 e. The molecule has 0 saturated carbocycles. The van der Waals surface area contributed by atoms with Gasteiger partial charge in [-0.05, 0) is 39.0 Å². The molecule has 0 radical (unpaired) electrons. The molecule has 1 heterocycles. The van der Waals surface area contributed by atoms with Crippen LogP contribution in [0.4, 0.5) is 5.13 Å². The number of nitrogens with zero attached hydrogens (tertiary/aromatic N) is 1. The van der Waals surface area contributed by atoms with Crippen LogP contribution in [0.5, 0.6) is 0 Å². The minimum Gasteiger partial charge on any atom is -0.359 e. The first-order valence-corrected chi connectivity index (χ1v) is 7.25. The molecule has 2 nitrogen and oxygen atoms in total. The fraction of sp³-hybridized carbons (Fsp3) is 0.769. The third-order valence-corrected chi connectivity index (χ3v) is 4.20. The summed E-state index contributed by atoms with van der Waals surface area (Å²) in [5.74, 6) is 0.907. The lowest BCUT2D eigenvalue weighted by Crippen LogP contribution is -2.12. The quantitative estimate of drug-likeness (QED) is 0.861. The molecule has 0 saturated heterocycles. The van der Waals surface area contributed by atoms with Gasteiger partial charge >= 0.3 is 0 Å². The molecular weight excluding hydrogens is 216 g/mol. The highest BCUT2D eigenvalue weighted by Gasteiger charge is 2.21. The summed E-state index contributed by atoms with van der Waals surface area (Å²) in [5, 5.41) is 4.54. The summed E-state index contributed by atoms with van der Waals surface area (Å²) in [6.45, 7) is 6.62. The number of aryl methyl sites for hydroxylation is 1. The lowest BCUT2D eigenvalue weighted by molar-refractivity contribution is 0.424. The molecule has 1 aliphatic carbocycles. The van der Waals surface area contributed by atoms with E-state index in [2.05, 4.69) is 26.1 Å². The van der Waals surface area contributed by atoms with Gasteiger partial charge in [0, 0.05) is 10.9 Å². The molecule has 1 atom stereocenters. The van der Waals surface area contributed by atoms with E-state index < -0.39 is 0 Å².